The molecular formula is C67H120O6. The molecule has 0 saturated heterocycles. The number of carbonyl (C=O) groups excluding carboxylic acids is 3. The molecule has 0 saturated carbocycles. The number of carbonyl (C=O) groups is 3. The standard InChI is InChI=1S/C67H120O6/c1-4-7-10-13-16-19-22-24-25-26-27-28-29-30-31-32-33-34-35-36-37-38-39-40-41-42-43-44-46-48-51-54-57-60-66(69)72-63-64(62-71-65(68)59-56-53-50-47-21-18-15-12-9-6-3)73-67(70)61-58-55-52-49-45-23-20-17-14-11-8-5-2/h7,10,16-17,19-20,24-25,27-28,64H,4-6,8-9,11-15,18,21-23,26,29-63H2,1-3H3/b10-7-,19-16-,20-17-,25-24-,28-27-. The van der Waals surface area contributed by atoms with Crippen LogP contribution in [0.15, 0.2) is 60.8 Å². The molecule has 0 aliphatic rings. The Labute approximate surface area is 453 Å². The smallest absolute Gasteiger partial charge is 0.306 e. The molecule has 0 amide bonds. The Morgan fingerprint density at radius 1 is 0.288 bits per heavy atom. The normalized spacial score (nSPS) is 12.4. The summed E-state index contributed by atoms with van der Waals surface area (Å²) in [5.74, 6) is -0.867. The van der Waals surface area contributed by atoms with Gasteiger partial charge < -0.3 is 14.2 Å². The fraction of sp³-hybridized carbons (Fsp3) is 0.806. The van der Waals surface area contributed by atoms with Crippen molar-refractivity contribution in [3.05, 3.63) is 60.8 Å². The van der Waals surface area contributed by atoms with E-state index in [0.717, 1.165) is 89.9 Å². The van der Waals surface area contributed by atoms with Crippen LogP contribution >= 0.6 is 0 Å². The highest BCUT2D eigenvalue weighted by Gasteiger charge is 2.19. The van der Waals surface area contributed by atoms with Gasteiger partial charge in [-0.05, 0) is 83.5 Å². The molecular weight excluding hydrogens is 901 g/mol. The van der Waals surface area contributed by atoms with Crippen LogP contribution in [0.2, 0.25) is 0 Å². The number of rotatable bonds is 58. The lowest BCUT2D eigenvalue weighted by atomic mass is 10.0. The molecule has 424 valence electrons. The van der Waals surface area contributed by atoms with Gasteiger partial charge in [0.25, 0.3) is 0 Å². The molecule has 0 fully saturated rings. The van der Waals surface area contributed by atoms with Gasteiger partial charge in [0.05, 0.1) is 0 Å². The fourth-order valence-electron chi connectivity index (χ4n) is 9.25. The summed E-state index contributed by atoms with van der Waals surface area (Å²) in [7, 11) is 0. The maximum absolute atomic E-state index is 12.8. The van der Waals surface area contributed by atoms with E-state index in [1.807, 2.05) is 0 Å². The van der Waals surface area contributed by atoms with Gasteiger partial charge in [-0.2, -0.15) is 0 Å². The second-order valence-electron chi connectivity index (χ2n) is 21.3. The molecule has 0 spiro atoms. The van der Waals surface area contributed by atoms with E-state index in [2.05, 4.69) is 81.5 Å². The van der Waals surface area contributed by atoms with E-state index in [4.69, 9.17) is 14.2 Å². The molecule has 1 unspecified atom stereocenters. The Balaban J connectivity index is 4.01. The highest BCUT2D eigenvalue weighted by Crippen LogP contribution is 2.17. The summed E-state index contributed by atoms with van der Waals surface area (Å²) in [6.45, 7) is 6.52. The van der Waals surface area contributed by atoms with E-state index in [-0.39, 0.29) is 31.1 Å². The van der Waals surface area contributed by atoms with E-state index in [1.165, 1.54) is 199 Å². The third-order valence-corrected chi connectivity index (χ3v) is 14.0. The Bertz CT molecular complexity index is 1310. The molecule has 0 aliphatic carbocycles. The van der Waals surface area contributed by atoms with Crippen LogP contribution in [0.3, 0.4) is 0 Å². The van der Waals surface area contributed by atoms with Crippen LogP contribution in [0.5, 0.6) is 0 Å². The SMILES string of the molecule is CC/C=C\C/C=C\C/C=C\C/C=C\CCCCCCCCCCCCCCCCCCCCCCC(=O)OCC(COC(=O)CCCCCCCCCCCC)OC(=O)CCCCCCC/C=C\CCCCC. The van der Waals surface area contributed by atoms with E-state index < -0.39 is 6.10 Å². The summed E-state index contributed by atoms with van der Waals surface area (Å²) < 4.78 is 16.8. The average molecular weight is 1020 g/mol. The Hall–Kier alpha value is -2.89. The predicted octanol–water partition coefficient (Wildman–Crippen LogP) is 21.6. The van der Waals surface area contributed by atoms with Gasteiger partial charge in [-0.25, -0.2) is 0 Å². The second kappa shape index (κ2) is 61.7. The third-order valence-electron chi connectivity index (χ3n) is 14.0. The van der Waals surface area contributed by atoms with Gasteiger partial charge in [0.2, 0.25) is 0 Å². The highest BCUT2D eigenvalue weighted by atomic mass is 16.6. The molecule has 0 radical (unpaired) electrons. The number of hydrogen-bond donors (Lipinski definition) is 0. The number of esters is 3. The molecule has 1 atom stereocenters. The Morgan fingerprint density at radius 3 is 0.877 bits per heavy atom. The Kier molecular flexibility index (Phi) is 59.2. The average Bonchev–Trinajstić information content (AvgIpc) is 3.39. The minimum atomic E-state index is -0.772. The summed E-state index contributed by atoms with van der Waals surface area (Å²) >= 11 is 0. The number of ether oxygens (including phenoxy) is 3. The molecule has 0 bridgehead atoms. The fourth-order valence-corrected chi connectivity index (χ4v) is 9.25. The molecule has 0 aromatic carbocycles. The van der Waals surface area contributed by atoms with Crippen molar-refractivity contribution in [2.75, 3.05) is 13.2 Å². The first-order valence-corrected chi connectivity index (χ1v) is 31.8. The first-order valence-electron chi connectivity index (χ1n) is 31.8. The van der Waals surface area contributed by atoms with Crippen LogP contribution in [0.25, 0.3) is 0 Å². The van der Waals surface area contributed by atoms with Crippen molar-refractivity contribution in [2.45, 2.75) is 335 Å². The van der Waals surface area contributed by atoms with E-state index in [0.29, 0.717) is 19.3 Å². The van der Waals surface area contributed by atoms with Crippen LogP contribution < -0.4 is 0 Å². The van der Waals surface area contributed by atoms with Crippen molar-refractivity contribution in [3.63, 3.8) is 0 Å². The topological polar surface area (TPSA) is 78.9 Å². The molecule has 0 rings (SSSR count). The second-order valence-corrected chi connectivity index (χ2v) is 21.3. The number of hydrogen-bond acceptors (Lipinski definition) is 6. The van der Waals surface area contributed by atoms with E-state index in [1.54, 1.807) is 0 Å². The molecule has 6 nitrogen and oxygen atoms in total. The van der Waals surface area contributed by atoms with E-state index >= 15 is 0 Å². The van der Waals surface area contributed by atoms with Crippen molar-refractivity contribution < 1.29 is 28.6 Å². The first kappa shape index (κ1) is 70.1. The van der Waals surface area contributed by atoms with Gasteiger partial charge in [-0.15, -0.1) is 0 Å². The van der Waals surface area contributed by atoms with E-state index in [9.17, 15) is 14.4 Å². The van der Waals surface area contributed by atoms with Gasteiger partial charge in [0.1, 0.15) is 13.2 Å². The van der Waals surface area contributed by atoms with Crippen LogP contribution in [-0.4, -0.2) is 37.2 Å². The number of unbranched alkanes of at least 4 members (excludes halogenated alkanes) is 37. The quantitative estimate of drug-likeness (QED) is 0.0261. The van der Waals surface area contributed by atoms with Crippen molar-refractivity contribution in [1.82, 2.24) is 0 Å². The first-order chi connectivity index (χ1) is 36.0. The van der Waals surface area contributed by atoms with Crippen LogP contribution in [0.4, 0.5) is 0 Å². The van der Waals surface area contributed by atoms with Crippen LogP contribution in [0.1, 0.15) is 329 Å². The van der Waals surface area contributed by atoms with Gasteiger partial charge in [0, 0.05) is 19.3 Å². The summed E-state index contributed by atoms with van der Waals surface area (Å²) in [6.07, 6.45) is 78.3. The van der Waals surface area contributed by atoms with Gasteiger partial charge in [-0.1, -0.05) is 287 Å². The summed E-state index contributed by atoms with van der Waals surface area (Å²) in [4.78, 5) is 38.1. The van der Waals surface area contributed by atoms with Crippen LogP contribution in [0, 0.1) is 0 Å². The minimum Gasteiger partial charge on any atom is -0.462 e. The maximum Gasteiger partial charge on any atom is 0.306 e. The van der Waals surface area contributed by atoms with Crippen molar-refractivity contribution in [3.8, 4) is 0 Å². The zero-order valence-corrected chi connectivity index (χ0v) is 48.7. The lowest BCUT2D eigenvalue weighted by Crippen LogP contribution is -2.30. The summed E-state index contributed by atoms with van der Waals surface area (Å²) in [5, 5.41) is 0. The Morgan fingerprint density at radius 2 is 0.534 bits per heavy atom. The largest absolute Gasteiger partial charge is 0.462 e. The minimum absolute atomic E-state index is 0.0720. The van der Waals surface area contributed by atoms with Crippen molar-refractivity contribution in [2.24, 2.45) is 0 Å². The van der Waals surface area contributed by atoms with Crippen molar-refractivity contribution in [1.29, 1.82) is 0 Å². The lowest BCUT2D eigenvalue weighted by Gasteiger charge is -2.18. The van der Waals surface area contributed by atoms with Gasteiger partial charge >= 0.3 is 17.9 Å². The van der Waals surface area contributed by atoms with Gasteiger partial charge in [-0.3, -0.25) is 14.4 Å². The summed E-state index contributed by atoms with van der Waals surface area (Å²) in [5.41, 5.74) is 0. The summed E-state index contributed by atoms with van der Waals surface area (Å²) in [6, 6.07) is 0. The maximum atomic E-state index is 12.8. The highest BCUT2D eigenvalue weighted by molar-refractivity contribution is 5.71. The zero-order valence-electron chi connectivity index (χ0n) is 48.7. The predicted molar refractivity (Wildman–Crippen MR) is 316 cm³/mol. The molecule has 6 heteroatoms. The molecule has 73 heavy (non-hydrogen) atoms. The molecule has 0 heterocycles. The van der Waals surface area contributed by atoms with Gasteiger partial charge in [0.15, 0.2) is 6.10 Å². The zero-order chi connectivity index (χ0) is 52.9. The van der Waals surface area contributed by atoms with Crippen molar-refractivity contribution >= 4 is 17.9 Å². The third kappa shape index (κ3) is 59.9. The molecule has 0 aromatic heterocycles. The number of allylic oxidation sites excluding steroid dienone is 10. The lowest BCUT2D eigenvalue weighted by molar-refractivity contribution is -0.167. The van der Waals surface area contributed by atoms with Crippen LogP contribution in [-0.2, 0) is 28.6 Å². The molecule has 0 aliphatic heterocycles. The molecule has 0 N–H and O–H groups in total. The monoisotopic (exact) mass is 1020 g/mol. The molecule has 0 aromatic rings.